The fourth-order valence-electron chi connectivity index (χ4n) is 3.35. The number of ether oxygens (including phenoxy) is 1. The molecular weight excluding hydrogens is 250 g/mol. The van der Waals surface area contributed by atoms with E-state index in [-0.39, 0.29) is 5.60 Å². The minimum absolute atomic E-state index is 0.175. The van der Waals surface area contributed by atoms with Crippen LogP contribution in [0.1, 0.15) is 66.7 Å². The van der Waals surface area contributed by atoms with E-state index in [1.54, 1.807) is 0 Å². The largest absolute Gasteiger partial charge is 0.389 e. The van der Waals surface area contributed by atoms with Crippen LogP contribution >= 0.6 is 0 Å². The minimum atomic E-state index is -0.410. The van der Waals surface area contributed by atoms with Crippen LogP contribution in [0.2, 0.25) is 0 Å². The summed E-state index contributed by atoms with van der Waals surface area (Å²) >= 11 is 0. The van der Waals surface area contributed by atoms with Gasteiger partial charge in [-0.3, -0.25) is 0 Å². The van der Waals surface area contributed by atoms with Gasteiger partial charge in [0.05, 0.1) is 18.3 Å². The molecule has 0 heterocycles. The van der Waals surface area contributed by atoms with Crippen molar-refractivity contribution in [3.8, 4) is 0 Å². The lowest BCUT2D eigenvalue weighted by atomic mass is 9.78. The summed E-state index contributed by atoms with van der Waals surface area (Å²) in [6.45, 7) is 12.8. The first kappa shape index (κ1) is 17.9. The molecule has 0 aliphatic heterocycles. The van der Waals surface area contributed by atoms with Crippen LogP contribution in [-0.2, 0) is 4.74 Å². The second-order valence-corrected chi connectivity index (χ2v) is 8.01. The molecule has 0 aromatic rings. The van der Waals surface area contributed by atoms with Crippen molar-refractivity contribution < 1.29 is 9.84 Å². The molecule has 1 atom stereocenters. The summed E-state index contributed by atoms with van der Waals surface area (Å²) in [5.41, 5.74) is 0.296. The Bertz CT molecular complexity index is 265. The predicted molar refractivity (Wildman–Crippen MR) is 84.9 cm³/mol. The number of aliphatic hydroxyl groups is 1. The molecule has 0 spiro atoms. The van der Waals surface area contributed by atoms with Crippen molar-refractivity contribution in [3.05, 3.63) is 0 Å². The molecular formula is C17H35NO2. The second kappa shape index (κ2) is 7.77. The summed E-state index contributed by atoms with van der Waals surface area (Å²) in [6, 6.07) is 0. The Labute approximate surface area is 125 Å². The summed E-state index contributed by atoms with van der Waals surface area (Å²) in [7, 11) is 0. The van der Waals surface area contributed by atoms with Gasteiger partial charge < -0.3 is 15.2 Å². The lowest BCUT2D eigenvalue weighted by Gasteiger charge is -2.32. The molecule has 0 bridgehead atoms. The van der Waals surface area contributed by atoms with Gasteiger partial charge in [-0.1, -0.05) is 26.7 Å². The molecule has 1 fully saturated rings. The normalized spacial score (nSPS) is 20.6. The average Bonchev–Trinajstić information content (AvgIpc) is 2.73. The van der Waals surface area contributed by atoms with Crippen LogP contribution < -0.4 is 5.32 Å². The topological polar surface area (TPSA) is 41.5 Å². The third kappa shape index (κ3) is 7.05. The summed E-state index contributed by atoms with van der Waals surface area (Å²) < 4.78 is 5.61. The van der Waals surface area contributed by atoms with Gasteiger partial charge in [-0.05, 0) is 51.4 Å². The molecule has 1 saturated carbocycles. The van der Waals surface area contributed by atoms with Gasteiger partial charge in [-0.25, -0.2) is 0 Å². The average molecular weight is 285 g/mol. The van der Waals surface area contributed by atoms with Gasteiger partial charge in [0.15, 0.2) is 0 Å². The maximum atomic E-state index is 9.96. The third-order valence-corrected chi connectivity index (χ3v) is 4.09. The van der Waals surface area contributed by atoms with Crippen molar-refractivity contribution in [2.24, 2.45) is 11.3 Å². The van der Waals surface area contributed by atoms with E-state index < -0.39 is 6.10 Å². The first-order chi connectivity index (χ1) is 9.22. The molecule has 3 heteroatoms. The van der Waals surface area contributed by atoms with Crippen molar-refractivity contribution in [2.75, 3.05) is 19.7 Å². The van der Waals surface area contributed by atoms with Gasteiger partial charge >= 0.3 is 0 Å². The second-order valence-electron chi connectivity index (χ2n) is 8.01. The maximum Gasteiger partial charge on any atom is 0.0897 e. The smallest absolute Gasteiger partial charge is 0.0897 e. The van der Waals surface area contributed by atoms with Crippen LogP contribution in [0.4, 0.5) is 0 Å². The highest BCUT2D eigenvalue weighted by Crippen LogP contribution is 2.42. The quantitative estimate of drug-likeness (QED) is 0.718. The molecule has 0 radical (unpaired) electrons. The first-order valence-electron chi connectivity index (χ1n) is 8.25. The van der Waals surface area contributed by atoms with Crippen LogP contribution in [0.3, 0.4) is 0 Å². The molecule has 0 aromatic heterocycles. The fraction of sp³-hybridized carbons (Fsp3) is 1.00. The third-order valence-electron chi connectivity index (χ3n) is 4.09. The highest BCUT2D eigenvalue weighted by atomic mass is 16.5. The van der Waals surface area contributed by atoms with Crippen molar-refractivity contribution in [3.63, 3.8) is 0 Å². The van der Waals surface area contributed by atoms with E-state index in [1.807, 2.05) is 20.8 Å². The predicted octanol–water partition coefficient (Wildman–Crippen LogP) is 3.36. The van der Waals surface area contributed by atoms with Crippen molar-refractivity contribution in [1.82, 2.24) is 5.32 Å². The van der Waals surface area contributed by atoms with Crippen LogP contribution in [0.25, 0.3) is 0 Å². The Morgan fingerprint density at radius 2 is 1.80 bits per heavy atom. The summed E-state index contributed by atoms with van der Waals surface area (Å²) in [5, 5.41) is 13.4. The van der Waals surface area contributed by atoms with Crippen LogP contribution in [0.5, 0.6) is 0 Å². The number of hydrogen-bond acceptors (Lipinski definition) is 3. The minimum Gasteiger partial charge on any atom is -0.389 e. The van der Waals surface area contributed by atoms with Gasteiger partial charge in [0, 0.05) is 13.1 Å². The molecule has 20 heavy (non-hydrogen) atoms. The zero-order valence-electron chi connectivity index (χ0n) is 14.2. The Morgan fingerprint density at radius 3 is 2.30 bits per heavy atom. The lowest BCUT2D eigenvalue weighted by molar-refractivity contribution is -0.0483. The molecule has 1 unspecified atom stereocenters. The molecule has 1 aliphatic carbocycles. The molecule has 1 aliphatic rings. The number of hydrogen-bond donors (Lipinski definition) is 2. The summed E-state index contributed by atoms with van der Waals surface area (Å²) in [6.07, 6.45) is 6.30. The number of nitrogens with one attached hydrogen (secondary N) is 1. The Kier molecular flexibility index (Phi) is 6.96. The molecule has 3 nitrogen and oxygen atoms in total. The molecule has 2 N–H and O–H groups in total. The van der Waals surface area contributed by atoms with E-state index in [0.717, 1.165) is 12.5 Å². The van der Waals surface area contributed by atoms with Gasteiger partial charge in [-0.15, -0.1) is 0 Å². The SMILES string of the molecule is CC(C)CC1(CNCC(O)COC(C)(C)C)CCCC1. The van der Waals surface area contributed by atoms with E-state index in [9.17, 15) is 5.11 Å². The monoisotopic (exact) mass is 285 g/mol. The standard InChI is InChI=1S/C17H35NO2/c1-14(2)10-17(8-6-7-9-17)13-18-11-15(19)12-20-16(3,4)5/h14-15,18-19H,6-13H2,1-5H3. The fourth-order valence-corrected chi connectivity index (χ4v) is 3.35. The van der Waals surface area contributed by atoms with E-state index in [2.05, 4.69) is 19.2 Å². The molecule has 0 saturated heterocycles. The van der Waals surface area contributed by atoms with Crippen LogP contribution in [-0.4, -0.2) is 36.5 Å². The first-order valence-corrected chi connectivity index (χ1v) is 8.25. The highest BCUT2D eigenvalue weighted by molar-refractivity contribution is 4.87. The van der Waals surface area contributed by atoms with Gasteiger partial charge in [0.25, 0.3) is 0 Å². The van der Waals surface area contributed by atoms with Crippen molar-refractivity contribution >= 4 is 0 Å². The van der Waals surface area contributed by atoms with Gasteiger partial charge in [-0.2, -0.15) is 0 Å². The van der Waals surface area contributed by atoms with Gasteiger partial charge in [0.2, 0.25) is 0 Å². The van der Waals surface area contributed by atoms with E-state index >= 15 is 0 Å². The van der Waals surface area contributed by atoms with Crippen LogP contribution in [0, 0.1) is 11.3 Å². The lowest BCUT2D eigenvalue weighted by Crippen LogP contribution is -2.39. The summed E-state index contributed by atoms with van der Waals surface area (Å²) in [5.74, 6) is 0.754. The molecule has 1 rings (SSSR count). The number of rotatable bonds is 8. The zero-order valence-corrected chi connectivity index (χ0v) is 14.2. The van der Waals surface area contributed by atoms with E-state index in [1.165, 1.54) is 32.1 Å². The Balaban J connectivity index is 2.27. The zero-order chi connectivity index (χ0) is 15.2. The molecule has 120 valence electrons. The highest BCUT2D eigenvalue weighted by Gasteiger charge is 2.33. The molecule has 0 amide bonds. The van der Waals surface area contributed by atoms with E-state index in [0.29, 0.717) is 18.6 Å². The summed E-state index contributed by atoms with van der Waals surface area (Å²) in [4.78, 5) is 0. The Morgan fingerprint density at radius 1 is 1.20 bits per heavy atom. The van der Waals surface area contributed by atoms with Crippen molar-refractivity contribution in [1.29, 1.82) is 0 Å². The maximum absolute atomic E-state index is 9.96. The van der Waals surface area contributed by atoms with Crippen LogP contribution in [0.15, 0.2) is 0 Å². The van der Waals surface area contributed by atoms with Gasteiger partial charge in [0.1, 0.15) is 0 Å². The Hall–Kier alpha value is -0.120. The van der Waals surface area contributed by atoms with E-state index in [4.69, 9.17) is 4.74 Å². The van der Waals surface area contributed by atoms with Crippen molar-refractivity contribution in [2.45, 2.75) is 78.4 Å². The molecule has 0 aromatic carbocycles. The number of aliphatic hydroxyl groups excluding tert-OH is 1.